The number of anilines is 1. The van der Waals surface area contributed by atoms with E-state index in [2.05, 4.69) is 30.3 Å². The predicted molar refractivity (Wildman–Crippen MR) is 112 cm³/mol. The molecule has 10 heteroatoms. The SMILES string of the molecule is O=C(CN1CCN(c2nncc(-c3ccc(Cl)cc3)n2)CC1)N[C@H]1CCOC[C@H]1O. The molecule has 160 valence electrons. The van der Waals surface area contributed by atoms with Crippen LogP contribution >= 0.6 is 11.6 Å². The molecule has 30 heavy (non-hydrogen) atoms. The Morgan fingerprint density at radius 3 is 2.73 bits per heavy atom. The average Bonchev–Trinajstić information content (AvgIpc) is 2.76. The molecule has 1 aromatic carbocycles. The fourth-order valence-corrected chi connectivity index (χ4v) is 3.77. The minimum absolute atomic E-state index is 0.0722. The van der Waals surface area contributed by atoms with Crippen LogP contribution in [0.2, 0.25) is 5.02 Å². The zero-order chi connectivity index (χ0) is 20.9. The van der Waals surface area contributed by atoms with Crippen molar-refractivity contribution in [2.45, 2.75) is 18.6 Å². The molecule has 2 aliphatic heterocycles. The second-order valence-corrected chi connectivity index (χ2v) is 7.95. The Kier molecular flexibility index (Phi) is 6.73. The van der Waals surface area contributed by atoms with Gasteiger partial charge in [-0.15, -0.1) is 5.10 Å². The molecule has 2 aliphatic rings. The Morgan fingerprint density at radius 1 is 1.23 bits per heavy atom. The normalized spacial score (nSPS) is 22.7. The maximum Gasteiger partial charge on any atom is 0.245 e. The molecule has 0 unspecified atom stereocenters. The standard InChI is InChI=1S/C20H25ClN6O3/c21-15-3-1-14(2-4-15)17-11-22-25-20(24-17)27-8-6-26(7-9-27)12-19(29)23-16-5-10-30-13-18(16)28/h1-4,11,16,18,28H,5-10,12-13H2,(H,23,29)/t16-,18+/m0/s1. The van der Waals surface area contributed by atoms with Gasteiger partial charge in [-0.2, -0.15) is 5.10 Å². The molecule has 2 saturated heterocycles. The highest BCUT2D eigenvalue weighted by atomic mass is 35.5. The Balaban J connectivity index is 1.29. The van der Waals surface area contributed by atoms with Gasteiger partial charge in [0.05, 0.1) is 37.2 Å². The molecular formula is C20H25ClN6O3. The number of hydrogen-bond acceptors (Lipinski definition) is 8. The summed E-state index contributed by atoms with van der Waals surface area (Å²) in [6, 6.07) is 7.22. The van der Waals surface area contributed by atoms with Gasteiger partial charge in [-0.05, 0) is 18.6 Å². The highest BCUT2D eigenvalue weighted by molar-refractivity contribution is 6.30. The van der Waals surface area contributed by atoms with Gasteiger partial charge in [0.2, 0.25) is 11.9 Å². The lowest BCUT2D eigenvalue weighted by atomic mass is 10.1. The summed E-state index contributed by atoms with van der Waals surface area (Å²) in [6.07, 6.45) is 1.63. The molecule has 2 fully saturated rings. The molecule has 0 spiro atoms. The smallest absolute Gasteiger partial charge is 0.245 e. The third-order valence-electron chi connectivity index (χ3n) is 5.38. The minimum Gasteiger partial charge on any atom is -0.389 e. The first-order valence-corrected chi connectivity index (χ1v) is 10.4. The van der Waals surface area contributed by atoms with Crippen LogP contribution in [0.25, 0.3) is 11.3 Å². The average molecular weight is 433 g/mol. The van der Waals surface area contributed by atoms with Gasteiger partial charge in [0.15, 0.2) is 0 Å². The first-order valence-electron chi connectivity index (χ1n) is 10.1. The summed E-state index contributed by atoms with van der Waals surface area (Å²) < 4.78 is 5.20. The second-order valence-electron chi connectivity index (χ2n) is 7.52. The molecule has 3 heterocycles. The molecular weight excluding hydrogens is 408 g/mol. The van der Waals surface area contributed by atoms with Gasteiger partial charge < -0.3 is 20.1 Å². The van der Waals surface area contributed by atoms with E-state index < -0.39 is 6.10 Å². The molecule has 1 aromatic heterocycles. The molecule has 0 aliphatic carbocycles. The van der Waals surface area contributed by atoms with Crippen LogP contribution in [0.1, 0.15) is 6.42 Å². The van der Waals surface area contributed by atoms with Crippen LogP contribution in [-0.4, -0.2) is 89.2 Å². The monoisotopic (exact) mass is 432 g/mol. The third kappa shape index (κ3) is 5.23. The lowest BCUT2D eigenvalue weighted by molar-refractivity contribution is -0.125. The van der Waals surface area contributed by atoms with Gasteiger partial charge in [-0.3, -0.25) is 9.69 Å². The summed E-state index contributed by atoms with van der Waals surface area (Å²) in [5.41, 5.74) is 1.68. The molecule has 4 rings (SSSR count). The molecule has 0 saturated carbocycles. The summed E-state index contributed by atoms with van der Waals surface area (Å²) >= 11 is 5.96. The Labute approximate surface area is 180 Å². The summed E-state index contributed by atoms with van der Waals surface area (Å²) in [5.74, 6) is 0.508. The van der Waals surface area contributed by atoms with E-state index in [1.807, 2.05) is 24.3 Å². The Morgan fingerprint density at radius 2 is 2.00 bits per heavy atom. The first kappa shape index (κ1) is 20.9. The van der Waals surface area contributed by atoms with Crippen molar-refractivity contribution in [1.82, 2.24) is 25.4 Å². The molecule has 2 aromatic rings. The number of hydrogen-bond donors (Lipinski definition) is 2. The number of aliphatic hydroxyl groups excluding tert-OH is 1. The van der Waals surface area contributed by atoms with Crippen molar-refractivity contribution in [3.05, 3.63) is 35.5 Å². The van der Waals surface area contributed by atoms with Crippen molar-refractivity contribution < 1.29 is 14.6 Å². The van der Waals surface area contributed by atoms with Crippen LogP contribution in [0.3, 0.4) is 0 Å². The number of carbonyl (C=O) groups excluding carboxylic acids is 1. The van der Waals surface area contributed by atoms with Crippen molar-refractivity contribution in [3.63, 3.8) is 0 Å². The summed E-state index contributed by atoms with van der Waals surface area (Å²) in [4.78, 5) is 21.1. The second kappa shape index (κ2) is 9.65. The molecule has 9 nitrogen and oxygen atoms in total. The van der Waals surface area contributed by atoms with E-state index in [0.29, 0.717) is 43.6 Å². The van der Waals surface area contributed by atoms with Gasteiger partial charge in [-0.25, -0.2) is 4.98 Å². The van der Waals surface area contributed by atoms with Crippen LogP contribution in [0, 0.1) is 0 Å². The molecule has 0 radical (unpaired) electrons. The lowest BCUT2D eigenvalue weighted by Crippen LogP contribution is -2.54. The Hall–Kier alpha value is -2.33. The van der Waals surface area contributed by atoms with E-state index >= 15 is 0 Å². The number of ether oxygens (including phenoxy) is 1. The van der Waals surface area contributed by atoms with Gasteiger partial charge >= 0.3 is 0 Å². The fraction of sp³-hybridized carbons (Fsp3) is 0.500. The number of nitrogens with zero attached hydrogens (tertiary/aromatic N) is 5. The van der Waals surface area contributed by atoms with Crippen molar-refractivity contribution in [2.24, 2.45) is 0 Å². The third-order valence-corrected chi connectivity index (χ3v) is 5.63. The maximum absolute atomic E-state index is 12.3. The number of amides is 1. The molecule has 2 N–H and O–H groups in total. The van der Waals surface area contributed by atoms with Gasteiger partial charge in [0, 0.05) is 43.4 Å². The van der Waals surface area contributed by atoms with Gasteiger partial charge in [0.25, 0.3) is 0 Å². The molecule has 2 atom stereocenters. The first-order chi connectivity index (χ1) is 14.6. The van der Waals surface area contributed by atoms with Crippen LogP contribution < -0.4 is 10.2 Å². The minimum atomic E-state index is -0.642. The van der Waals surface area contributed by atoms with Crippen LogP contribution in [0.5, 0.6) is 0 Å². The number of aromatic nitrogens is 3. The van der Waals surface area contributed by atoms with Crippen molar-refractivity contribution in [3.8, 4) is 11.3 Å². The number of halogens is 1. The number of piperazine rings is 1. The van der Waals surface area contributed by atoms with Crippen molar-refractivity contribution in [2.75, 3.05) is 50.8 Å². The topological polar surface area (TPSA) is 104 Å². The highest BCUT2D eigenvalue weighted by Crippen LogP contribution is 2.21. The van der Waals surface area contributed by atoms with E-state index in [9.17, 15) is 9.90 Å². The maximum atomic E-state index is 12.3. The molecule has 0 bridgehead atoms. The summed E-state index contributed by atoms with van der Waals surface area (Å²) in [7, 11) is 0. The van der Waals surface area contributed by atoms with Crippen molar-refractivity contribution in [1.29, 1.82) is 0 Å². The molecule has 1 amide bonds. The van der Waals surface area contributed by atoms with E-state index in [-0.39, 0.29) is 18.6 Å². The summed E-state index contributed by atoms with van der Waals surface area (Å²) in [5, 5.41) is 21.8. The summed E-state index contributed by atoms with van der Waals surface area (Å²) in [6.45, 7) is 3.99. The fourth-order valence-electron chi connectivity index (χ4n) is 3.64. The van der Waals surface area contributed by atoms with Crippen molar-refractivity contribution >= 4 is 23.5 Å². The lowest BCUT2D eigenvalue weighted by Gasteiger charge is -2.35. The van der Waals surface area contributed by atoms with Gasteiger partial charge in [0.1, 0.15) is 0 Å². The zero-order valence-corrected chi connectivity index (χ0v) is 17.3. The van der Waals surface area contributed by atoms with E-state index in [0.717, 1.165) is 24.3 Å². The van der Waals surface area contributed by atoms with E-state index in [1.165, 1.54) is 0 Å². The zero-order valence-electron chi connectivity index (χ0n) is 16.6. The number of rotatable bonds is 5. The highest BCUT2D eigenvalue weighted by Gasteiger charge is 2.27. The van der Waals surface area contributed by atoms with Crippen LogP contribution in [-0.2, 0) is 9.53 Å². The van der Waals surface area contributed by atoms with E-state index in [1.54, 1.807) is 6.20 Å². The largest absolute Gasteiger partial charge is 0.389 e. The quantitative estimate of drug-likeness (QED) is 0.707. The Bertz CT molecular complexity index is 860. The predicted octanol–water partition coefficient (Wildman–Crippen LogP) is 0.580. The number of nitrogens with one attached hydrogen (secondary N) is 1. The number of carbonyl (C=O) groups is 1. The van der Waals surface area contributed by atoms with Crippen LogP contribution in [0.4, 0.5) is 5.95 Å². The van der Waals surface area contributed by atoms with E-state index in [4.69, 9.17) is 16.3 Å². The van der Waals surface area contributed by atoms with Crippen LogP contribution in [0.15, 0.2) is 30.5 Å². The van der Waals surface area contributed by atoms with Gasteiger partial charge in [-0.1, -0.05) is 23.7 Å². The number of aliphatic hydroxyl groups is 1. The number of benzene rings is 1.